The van der Waals surface area contributed by atoms with Crippen LogP contribution in [0.5, 0.6) is 11.5 Å². The summed E-state index contributed by atoms with van der Waals surface area (Å²) in [4.78, 5) is 28.9. The minimum atomic E-state index is -0.188. The second-order valence-corrected chi connectivity index (χ2v) is 6.17. The van der Waals surface area contributed by atoms with Gasteiger partial charge >= 0.3 is 0 Å². The van der Waals surface area contributed by atoms with E-state index >= 15 is 0 Å². The van der Waals surface area contributed by atoms with E-state index in [0.717, 1.165) is 5.56 Å². The number of carbonyl (C=O) groups is 2. The second kappa shape index (κ2) is 8.39. The first-order chi connectivity index (χ1) is 13.5. The fourth-order valence-corrected chi connectivity index (χ4v) is 2.79. The molecule has 7 heteroatoms. The number of rotatable bonds is 7. The zero-order valence-electron chi connectivity index (χ0n) is 15.9. The molecule has 3 rings (SSSR count). The summed E-state index contributed by atoms with van der Waals surface area (Å²) in [5, 5.41) is 2.82. The van der Waals surface area contributed by atoms with Crippen molar-refractivity contribution in [1.29, 1.82) is 0 Å². The van der Waals surface area contributed by atoms with E-state index in [1.54, 1.807) is 80.7 Å². The van der Waals surface area contributed by atoms with Gasteiger partial charge in [0.1, 0.15) is 11.5 Å². The standard InChI is InChI=1S/C21H21N3O4/c1-24-11-10-22-21(24)20(26)14-4-7-16(8-5-14)23-19(25)12-15-6-9-17(27-2)13-18(15)28-3/h4-11,13H,12H2,1-3H3,(H,23,25). The Morgan fingerprint density at radius 2 is 1.82 bits per heavy atom. The summed E-state index contributed by atoms with van der Waals surface area (Å²) in [7, 11) is 4.89. The molecule has 1 aromatic heterocycles. The van der Waals surface area contributed by atoms with Crippen LogP contribution in [0.15, 0.2) is 54.9 Å². The molecule has 0 aliphatic rings. The maximum atomic E-state index is 12.4. The number of aromatic nitrogens is 2. The predicted octanol–water partition coefficient (Wildman–Crippen LogP) is 2.85. The minimum absolute atomic E-state index is 0.154. The molecule has 0 saturated carbocycles. The van der Waals surface area contributed by atoms with Crippen molar-refractivity contribution < 1.29 is 19.1 Å². The number of ketones is 1. The highest BCUT2D eigenvalue weighted by Crippen LogP contribution is 2.25. The molecule has 1 heterocycles. The van der Waals surface area contributed by atoms with Crippen molar-refractivity contribution in [1.82, 2.24) is 9.55 Å². The molecular formula is C21H21N3O4. The highest BCUT2D eigenvalue weighted by molar-refractivity contribution is 6.07. The number of ether oxygens (including phenoxy) is 2. The first kappa shape index (κ1) is 19.2. The molecule has 2 aromatic carbocycles. The lowest BCUT2D eigenvalue weighted by Crippen LogP contribution is -2.15. The Hall–Kier alpha value is -3.61. The third kappa shape index (κ3) is 4.20. The van der Waals surface area contributed by atoms with Gasteiger partial charge in [0.25, 0.3) is 0 Å². The first-order valence-corrected chi connectivity index (χ1v) is 8.64. The van der Waals surface area contributed by atoms with Crippen molar-refractivity contribution in [2.24, 2.45) is 7.05 Å². The number of methoxy groups -OCH3 is 2. The average molecular weight is 379 g/mol. The maximum Gasteiger partial charge on any atom is 0.228 e. The van der Waals surface area contributed by atoms with E-state index in [0.29, 0.717) is 28.6 Å². The summed E-state index contributed by atoms with van der Waals surface area (Å²) in [5.41, 5.74) is 1.86. The van der Waals surface area contributed by atoms with Gasteiger partial charge < -0.3 is 19.4 Å². The van der Waals surface area contributed by atoms with E-state index in [9.17, 15) is 9.59 Å². The van der Waals surface area contributed by atoms with Crippen LogP contribution in [0, 0.1) is 0 Å². The van der Waals surface area contributed by atoms with E-state index in [2.05, 4.69) is 10.3 Å². The topological polar surface area (TPSA) is 82.5 Å². The number of nitrogens with zero attached hydrogens (tertiary/aromatic N) is 2. The molecule has 0 bridgehead atoms. The van der Waals surface area contributed by atoms with Gasteiger partial charge in [-0.1, -0.05) is 6.07 Å². The first-order valence-electron chi connectivity index (χ1n) is 8.64. The lowest BCUT2D eigenvalue weighted by molar-refractivity contribution is -0.115. The fourth-order valence-electron chi connectivity index (χ4n) is 2.79. The highest BCUT2D eigenvalue weighted by atomic mass is 16.5. The molecule has 0 atom stereocenters. The Balaban J connectivity index is 1.66. The Morgan fingerprint density at radius 1 is 1.07 bits per heavy atom. The van der Waals surface area contributed by atoms with Gasteiger partial charge in [-0.15, -0.1) is 0 Å². The number of aryl methyl sites for hydroxylation is 1. The normalized spacial score (nSPS) is 10.4. The van der Waals surface area contributed by atoms with E-state index in [4.69, 9.17) is 9.47 Å². The summed E-state index contributed by atoms with van der Waals surface area (Å²) < 4.78 is 12.2. The summed E-state index contributed by atoms with van der Waals surface area (Å²) in [6.07, 6.45) is 3.45. The lowest BCUT2D eigenvalue weighted by atomic mass is 10.1. The van der Waals surface area contributed by atoms with Crippen LogP contribution < -0.4 is 14.8 Å². The van der Waals surface area contributed by atoms with E-state index in [1.165, 1.54) is 0 Å². The van der Waals surface area contributed by atoms with Crippen molar-refractivity contribution in [2.45, 2.75) is 6.42 Å². The fraction of sp³-hybridized carbons (Fsp3) is 0.190. The van der Waals surface area contributed by atoms with Crippen molar-refractivity contribution in [2.75, 3.05) is 19.5 Å². The molecule has 0 saturated heterocycles. The number of carbonyl (C=O) groups excluding carboxylic acids is 2. The molecule has 144 valence electrons. The monoisotopic (exact) mass is 379 g/mol. The summed E-state index contributed by atoms with van der Waals surface area (Å²) in [6, 6.07) is 12.0. The summed E-state index contributed by atoms with van der Waals surface area (Å²) in [5.74, 6) is 1.25. The van der Waals surface area contributed by atoms with Gasteiger partial charge in [-0.3, -0.25) is 9.59 Å². The quantitative estimate of drug-likeness (QED) is 0.639. The van der Waals surface area contributed by atoms with Gasteiger partial charge in [0.2, 0.25) is 11.7 Å². The van der Waals surface area contributed by atoms with Crippen molar-refractivity contribution in [3.05, 3.63) is 71.8 Å². The molecule has 28 heavy (non-hydrogen) atoms. The van der Waals surface area contributed by atoms with Gasteiger partial charge in [-0.25, -0.2) is 4.98 Å². The molecule has 0 radical (unpaired) electrons. The smallest absolute Gasteiger partial charge is 0.228 e. The van der Waals surface area contributed by atoms with E-state index in [1.807, 2.05) is 0 Å². The number of amides is 1. The molecule has 3 aromatic rings. The molecule has 1 N–H and O–H groups in total. The Labute approximate surface area is 162 Å². The van der Waals surface area contributed by atoms with Crippen molar-refractivity contribution >= 4 is 17.4 Å². The number of nitrogens with one attached hydrogen (secondary N) is 1. The lowest BCUT2D eigenvalue weighted by Gasteiger charge is -2.11. The SMILES string of the molecule is COc1ccc(CC(=O)Nc2ccc(C(=O)c3nccn3C)cc2)c(OC)c1. The average Bonchev–Trinajstić information content (AvgIpc) is 3.14. The molecule has 0 spiro atoms. The Morgan fingerprint density at radius 3 is 2.43 bits per heavy atom. The van der Waals surface area contributed by atoms with Gasteiger partial charge in [0, 0.05) is 42.3 Å². The molecule has 0 aliphatic heterocycles. The van der Waals surface area contributed by atoms with Crippen LogP contribution in [0.25, 0.3) is 0 Å². The van der Waals surface area contributed by atoms with E-state index in [-0.39, 0.29) is 18.1 Å². The summed E-state index contributed by atoms with van der Waals surface area (Å²) in [6.45, 7) is 0. The molecule has 1 amide bonds. The van der Waals surface area contributed by atoms with Crippen LogP contribution in [0.2, 0.25) is 0 Å². The largest absolute Gasteiger partial charge is 0.497 e. The van der Waals surface area contributed by atoms with Gasteiger partial charge in [0.05, 0.1) is 20.6 Å². The second-order valence-electron chi connectivity index (χ2n) is 6.17. The Kier molecular flexibility index (Phi) is 5.74. The van der Waals surface area contributed by atoms with Crippen LogP contribution in [-0.2, 0) is 18.3 Å². The number of anilines is 1. The van der Waals surface area contributed by atoms with Crippen LogP contribution in [0.4, 0.5) is 5.69 Å². The van der Waals surface area contributed by atoms with Crippen molar-refractivity contribution in [3.8, 4) is 11.5 Å². The van der Waals surface area contributed by atoms with Crippen LogP contribution >= 0.6 is 0 Å². The van der Waals surface area contributed by atoms with E-state index < -0.39 is 0 Å². The number of benzene rings is 2. The number of hydrogen-bond donors (Lipinski definition) is 1. The minimum Gasteiger partial charge on any atom is -0.497 e. The van der Waals surface area contributed by atoms with Gasteiger partial charge in [-0.05, 0) is 30.3 Å². The molecular weight excluding hydrogens is 358 g/mol. The van der Waals surface area contributed by atoms with Crippen LogP contribution in [0.3, 0.4) is 0 Å². The number of imidazole rings is 1. The molecule has 7 nitrogen and oxygen atoms in total. The zero-order valence-corrected chi connectivity index (χ0v) is 15.9. The zero-order chi connectivity index (χ0) is 20.1. The van der Waals surface area contributed by atoms with Gasteiger partial charge in [0.15, 0.2) is 5.82 Å². The summed E-state index contributed by atoms with van der Waals surface area (Å²) >= 11 is 0. The predicted molar refractivity (Wildman–Crippen MR) is 105 cm³/mol. The third-order valence-electron chi connectivity index (χ3n) is 4.30. The van der Waals surface area contributed by atoms with Crippen LogP contribution in [0.1, 0.15) is 21.7 Å². The molecule has 0 aliphatic carbocycles. The highest BCUT2D eigenvalue weighted by Gasteiger charge is 2.14. The molecule has 0 unspecified atom stereocenters. The van der Waals surface area contributed by atoms with Crippen molar-refractivity contribution in [3.63, 3.8) is 0 Å². The third-order valence-corrected chi connectivity index (χ3v) is 4.30. The van der Waals surface area contributed by atoms with Crippen LogP contribution in [-0.4, -0.2) is 35.5 Å². The van der Waals surface area contributed by atoms with Gasteiger partial charge in [-0.2, -0.15) is 0 Å². The number of hydrogen-bond acceptors (Lipinski definition) is 5. The maximum absolute atomic E-state index is 12.4. The Bertz CT molecular complexity index is 993. The molecule has 0 fully saturated rings.